The number of carbonyl (C=O) groups excluding carboxylic acids is 3. The number of carbonyl (C=O) groups is 3. The van der Waals surface area contributed by atoms with Crippen molar-refractivity contribution >= 4 is 33.4 Å². The predicted molar refractivity (Wildman–Crippen MR) is 153 cm³/mol. The molecular weight excluding hydrogens is 589 g/mol. The molecule has 2 saturated carbocycles. The van der Waals surface area contributed by atoms with Crippen LogP contribution in [0.25, 0.3) is 0 Å². The molecule has 0 bridgehead atoms. The van der Waals surface area contributed by atoms with Crippen molar-refractivity contribution < 1.29 is 40.7 Å². The van der Waals surface area contributed by atoms with E-state index in [1.54, 1.807) is 27.7 Å². The van der Waals surface area contributed by atoms with Crippen LogP contribution in [-0.4, -0.2) is 73.2 Å². The number of sulfonamides is 1. The first-order valence-electron chi connectivity index (χ1n) is 14.4. The lowest BCUT2D eigenvalue weighted by Gasteiger charge is -2.36. The van der Waals surface area contributed by atoms with Crippen molar-refractivity contribution in [2.24, 2.45) is 11.3 Å². The number of benzene rings is 1. The predicted octanol–water partition coefficient (Wildman–Crippen LogP) is 3.43. The summed E-state index contributed by atoms with van der Waals surface area (Å²) < 4.78 is 72.2. The standard InChI is InChI=1S/C29H41F3N4O6S/c1-7-17-15-28(17,25(39)35-43(40,41)27(5)11-12-27)34-23(37)21-14-20(42-6)16-36(21)24(38)22(26(2,3)4)33-19-10-8-9-18(13-19)29(30,31)32/h8-10,13,17,20-22,33H,7,11-12,14-16H2,1-6H3,(H,34,37)(H,35,39)/t17-,20-,21+,22-,28-/m1/s1. The number of hydrogen-bond acceptors (Lipinski definition) is 7. The molecule has 1 saturated heterocycles. The number of nitrogens with zero attached hydrogens (tertiary/aromatic N) is 1. The minimum atomic E-state index is -4.57. The summed E-state index contributed by atoms with van der Waals surface area (Å²) in [6.07, 6.45) is -3.30. The summed E-state index contributed by atoms with van der Waals surface area (Å²) in [7, 11) is -2.49. The van der Waals surface area contributed by atoms with Crippen LogP contribution in [0.5, 0.6) is 0 Å². The van der Waals surface area contributed by atoms with Crippen molar-refractivity contribution in [2.45, 2.75) is 101 Å². The monoisotopic (exact) mass is 630 g/mol. The molecule has 43 heavy (non-hydrogen) atoms. The Kier molecular flexibility index (Phi) is 8.64. The molecule has 3 N–H and O–H groups in total. The molecule has 2 aliphatic carbocycles. The number of anilines is 1. The number of amides is 3. The van der Waals surface area contributed by atoms with E-state index >= 15 is 0 Å². The van der Waals surface area contributed by atoms with Gasteiger partial charge in [0.25, 0.3) is 5.91 Å². The second-order valence-corrected chi connectivity index (χ2v) is 15.5. The SMILES string of the molecule is CC[C@@H]1C[C@]1(NC(=O)[C@@H]1C[C@@H](OC)CN1C(=O)[C@@H](Nc1cccc(C(F)(F)F)c1)C(C)(C)C)C(=O)NS(=O)(=O)C1(C)CC1. The lowest BCUT2D eigenvalue weighted by atomic mass is 9.85. The zero-order valence-corrected chi connectivity index (χ0v) is 26.1. The van der Waals surface area contributed by atoms with Gasteiger partial charge < -0.3 is 20.3 Å². The minimum absolute atomic E-state index is 0.0490. The van der Waals surface area contributed by atoms with E-state index in [4.69, 9.17) is 4.74 Å². The van der Waals surface area contributed by atoms with Crippen LogP contribution in [0.1, 0.15) is 72.3 Å². The average Bonchev–Trinajstić information content (AvgIpc) is 3.79. The molecule has 0 spiro atoms. The number of methoxy groups -OCH3 is 1. The van der Waals surface area contributed by atoms with Gasteiger partial charge in [-0.3, -0.25) is 19.1 Å². The van der Waals surface area contributed by atoms with E-state index < -0.39 is 73.4 Å². The fourth-order valence-electron chi connectivity index (χ4n) is 5.62. The van der Waals surface area contributed by atoms with Crippen LogP contribution in [0.3, 0.4) is 0 Å². The highest BCUT2D eigenvalue weighted by Gasteiger charge is 2.63. The molecule has 4 rings (SSSR count). The summed E-state index contributed by atoms with van der Waals surface area (Å²) in [4.78, 5) is 42.5. The fraction of sp³-hybridized carbons (Fsp3) is 0.690. The third-order valence-electron chi connectivity index (χ3n) is 8.98. The van der Waals surface area contributed by atoms with E-state index in [9.17, 15) is 36.0 Å². The molecule has 240 valence electrons. The van der Waals surface area contributed by atoms with Crippen LogP contribution in [0, 0.1) is 11.3 Å². The zero-order valence-electron chi connectivity index (χ0n) is 25.3. The first kappa shape index (κ1) is 33.0. The Hall–Kier alpha value is -2.87. The van der Waals surface area contributed by atoms with Gasteiger partial charge in [-0.25, -0.2) is 8.42 Å². The first-order chi connectivity index (χ1) is 19.8. The van der Waals surface area contributed by atoms with Crippen LogP contribution in [0.2, 0.25) is 0 Å². The Morgan fingerprint density at radius 1 is 1.16 bits per heavy atom. The second-order valence-electron chi connectivity index (χ2n) is 13.3. The highest BCUT2D eigenvalue weighted by atomic mass is 32.2. The van der Waals surface area contributed by atoms with Crippen LogP contribution in [0.4, 0.5) is 18.9 Å². The Morgan fingerprint density at radius 2 is 1.81 bits per heavy atom. The molecule has 14 heteroatoms. The van der Waals surface area contributed by atoms with Crippen molar-refractivity contribution in [2.75, 3.05) is 19.0 Å². The Labute approximate surface area is 250 Å². The molecule has 1 aromatic rings. The average molecular weight is 631 g/mol. The maximum Gasteiger partial charge on any atom is 0.416 e. The molecule has 0 aromatic heterocycles. The van der Waals surface area contributed by atoms with Crippen LogP contribution < -0.4 is 15.4 Å². The minimum Gasteiger partial charge on any atom is -0.380 e. The smallest absolute Gasteiger partial charge is 0.380 e. The Balaban J connectivity index is 1.57. The molecule has 10 nitrogen and oxygen atoms in total. The molecule has 0 unspecified atom stereocenters. The maximum absolute atomic E-state index is 14.0. The van der Waals surface area contributed by atoms with Gasteiger partial charge >= 0.3 is 6.18 Å². The van der Waals surface area contributed by atoms with Gasteiger partial charge in [-0.1, -0.05) is 40.2 Å². The van der Waals surface area contributed by atoms with E-state index in [1.165, 1.54) is 24.1 Å². The molecule has 5 atom stereocenters. The van der Waals surface area contributed by atoms with E-state index in [2.05, 4.69) is 15.4 Å². The van der Waals surface area contributed by atoms with Gasteiger partial charge in [0.2, 0.25) is 21.8 Å². The second kappa shape index (κ2) is 11.2. The normalized spacial score (nSPS) is 27.3. The summed E-state index contributed by atoms with van der Waals surface area (Å²) >= 11 is 0. The lowest BCUT2D eigenvalue weighted by Crippen LogP contribution is -2.59. The molecule has 1 heterocycles. The van der Waals surface area contributed by atoms with Gasteiger partial charge in [0.15, 0.2) is 0 Å². The van der Waals surface area contributed by atoms with Crippen molar-refractivity contribution in [1.29, 1.82) is 0 Å². The van der Waals surface area contributed by atoms with Crippen LogP contribution >= 0.6 is 0 Å². The molecule has 3 fully saturated rings. The van der Waals surface area contributed by atoms with Crippen molar-refractivity contribution in [3.8, 4) is 0 Å². The molecule has 3 amide bonds. The summed E-state index contributed by atoms with van der Waals surface area (Å²) in [5.74, 6) is -2.22. The van der Waals surface area contributed by atoms with Crippen molar-refractivity contribution in [1.82, 2.24) is 14.9 Å². The highest BCUT2D eigenvalue weighted by Crippen LogP contribution is 2.48. The van der Waals surface area contributed by atoms with Crippen molar-refractivity contribution in [3.63, 3.8) is 0 Å². The van der Waals surface area contributed by atoms with Gasteiger partial charge in [-0.15, -0.1) is 0 Å². The maximum atomic E-state index is 14.0. The molecule has 0 radical (unpaired) electrons. The summed E-state index contributed by atoms with van der Waals surface area (Å²) in [5, 5.41) is 5.72. The van der Waals surface area contributed by atoms with Crippen LogP contribution in [-0.2, 0) is 35.3 Å². The van der Waals surface area contributed by atoms with Gasteiger partial charge in [0, 0.05) is 25.8 Å². The Bertz CT molecular complexity index is 1370. The van der Waals surface area contributed by atoms with Crippen LogP contribution in [0.15, 0.2) is 24.3 Å². The molecule has 1 aromatic carbocycles. The molecule has 1 aliphatic heterocycles. The van der Waals surface area contributed by atoms with Gasteiger partial charge in [0.1, 0.15) is 17.6 Å². The zero-order chi connectivity index (χ0) is 32.2. The third-order valence-corrected chi connectivity index (χ3v) is 11.1. The quantitative estimate of drug-likeness (QED) is 0.361. The number of ether oxygens (including phenoxy) is 1. The third kappa shape index (κ3) is 6.64. The topological polar surface area (TPSA) is 134 Å². The molecular formula is C29H41F3N4O6S. The van der Waals surface area contributed by atoms with Gasteiger partial charge in [-0.2, -0.15) is 13.2 Å². The lowest BCUT2D eigenvalue weighted by molar-refractivity contribution is -0.141. The van der Waals surface area contributed by atoms with E-state index in [0.717, 1.165) is 12.1 Å². The van der Waals surface area contributed by atoms with E-state index in [0.29, 0.717) is 19.3 Å². The Morgan fingerprint density at radius 3 is 2.33 bits per heavy atom. The fourth-order valence-corrected chi connectivity index (χ4v) is 6.93. The van der Waals surface area contributed by atoms with E-state index in [-0.39, 0.29) is 31.0 Å². The van der Waals surface area contributed by atoms with E-state index in [1.807, 2.05) is 6.92 Å². The number of likely N-dealkylation sites (tertiary alicyclic amines) is 1. The summed E-state index contributed by atoms with van der Waals surface area (Å²) in [5.41, 5.74) is -2.98. The number of nitrogens with one attached hydrogen (secondary N) is 3. The van der Waals surface area contributed by atoms with Gasteiger partial charge in [-0.05, 0) is 55.7 Å². The summed E-state index contributed by atoms with van der Waals surface area (Å²) in [6.45, 7) is 8.71. The number of halogens is 3. The number of alkyl halides is 3. The highest BCUT2D eigenvalue weighted by molar-refractivity contribution is 7.91. The van der Waals surface area contributed by atoms with Gasteiger partial charge in [0.05, 0.1) is 16.4 Å². The number of hydrogen-bond donors (Lipinski definition) is 3. The molecule has 3 aliphatic rings. The largest absolute Gasteiger partial charge is 0.416 e. The summed E-state index contributed by atoms with van der Waals surface area (Å²) in [6, 6.07) is 2.47. The number of rotatable bonds is 10. The first-order valence-corrected chi connectivity index (χ1v) is 15.9. The van der Waals surface area contributed by atoms with Crippen molar-refractivity contribution in [3.05, 3.63) is 29.8 Å².